The number of aliphatic carboxylic acids is 1. The predicted molar refractivity (Wildman–Crippen MR) is 124 cm³/mol. The third-order valence-electron chi connectivity index (χ3n) is 5.98. The molecule has 3 unspecified atom stereocenters. The molecule has 0 saturated carbocycles. The van der Waals surface area contributed by atoms with E-state index in [2.05, 4.69) is 6.92 Å². The molecule has 1 saturated heterocycles. The van der Waals surface area contributed by atoms with Crippen molar-refractivity contribution in [1.82, 2.24) is 4.31 Å². The maximum Gasteiger partial charge on any atom is 0.306 e. The molecule has 184 valence electrons. The Labute approximate surface area is 189 Å². The second-order valence-corrected chi connectivity index (χ2v) is 10.9. The normalized spacial score (nSPS) is 19.4. The molecule has 1 N–H and O–H groups in total. The molecule has 3 atom stereocenters. The Bertz CT molecular complexity index is 577. The molecule has 0 aromatic heterocycles. The SMILES string of the molecule is CCCCCC(CCCN(CCCCCC(C)C(=O)O)S(C)(=O)=O)OC1CCCCO1. The third-order valence-corrected chi connectivity index (χ3v) is 7.28. The number of rotatable bonds is 18. The van der Waals surface area contributed by atoms with E-state index < -0.39 is 16.0 Å². The van der Waals surface area contributed by atoms with Gasteiger partial charge in [0, 0.05) is 19.7 Å². The van der Waals surface area contributed by atoms with Gasteiger partial charge >= 0.3 is 5.97 Å². The number of carboxylic acids is 1. The van der Waals surface area contributed by atoms with Crippen molar-refractivity contribution in [2.24, 2.45) is 5.92 Å². The van der Waals surface area contributed by atoms with Gasteiger partial charge in [0.2, 0.25) is 10.0 Å². The first-order chi connectivity index (χ1) is 14.7. The number of hydrogen-bond donors (Lipinski definition) is 1. The lowest BCUT2D eigenvalue weighted by molar-refractivity contribution is -0.190. The maximum atomic E-state index is 12.2. The first kappa shape index (κ1) is 28.3. The largest absolute Gasteiger partial charge is 0.481 e. The second kappa shape index (κ2) is 16.0. The van der Waals surface area contributed by atoms with Crippen molar-refractivity contribution in [1.29, 1.82) is 0 Å². The summed E-state index contributed by atoms with van der Waals surface area (Å²) in [5.74, 6) is -1.11. The van der Waals surface area contributed by atoms with Gasteiger partial charge in [-0.1, -0.05) is 46.0 Å². The van der Waals surface area contributed by atoms with E-state index in [1.165, 1.54) is 19.1 Å². The van der Waals surface area contributed by atoms with Crippen molar-refractivity contribution in [3.8, 4) is 0 Å². The number of carbonyl (C=O) groups is 1. The van der Waals surface area contributed by atoms with Gasteiger partial charge in [-0.25, -0.2) is 12.7 Å². The van der Waals surface area contributed by atoms with Crippen LogP contribution in [0.4, 0.5) is 0 Å². The molecule has 1 heterocycles. The summed E-state index contributed by atoms with van der Waals surface area (Å²) in [5.41, 5.74) is 0. The number of ether oxygens (including phenoxy) is 2. The predicted octanol–water partition coefficient (Wildman–Crippen LogP) is 4.80. The summed E-state index contributed by atoms with van der Waals surface area (Å²) in [6.45, 7) is 5.66. The highest BCUT2D eigenvalue weighted by molar-refractivity contribution is 7.88. The molecule has 0 radical (unpaired) electrons. The summed E-state index contributed by atoms with van der Waals surface area (Å²) in [4.78, 5) is 10.9. The Morgan fingerprint density at radius 3 is 2.35 bits per heavy atom. The molecule has 7 nitrogen and oxygen atoms in total. The zero-order chi connectivity index (χ0) is 23.1. The van der Waals surface area contributed by atoms with E-state index in [0.717, 1.165) is 70.8 Å². The first-order valence-electron chi connectivity index (χ1n) is 12.2. The van der Waals surface area contributed by atoms with Crippen molar-refractivity contribution in [2.75, 3.05) is 26.0 Å². The minimum Gasteiger partial charge on any atom is -0.481 e. The molecule has 0 aliphatic carbocycles. The van der Waals surface area contributed by atoms with Crippen LogP contribution in [0, 0.1) is 5.92 Å². The van der Waals surface area contributed by atoms with E-state index >= 15 is 0 Å². The highest BCUT2D eigenvalue weighted by Crippen LogP contribution is 2.21. The van der Waals surface area contributed by atoms with Crippen molar-refractivity contribution in [2.45, 2.75) is 110 Å². The molecular weight excluding hydrogens is 418 g/mol. The molecule has 0 aromatic rings. The highest BCUT2D eigenvalue weighted by Gasteiger charge is 2.21. The van der Waals surface area contributed by atoms with E-state index in [1.54, 1.807) is 11.2 Å². The fourth-order valence-electron chi connectivity index (χ4n) is 3.91. The Morgan fingerprint density at radius 2 is 1.74 bits per heavy atom. The van der Waals surface area contributed by atoms with Crippen molar-refractivity contribution >= 4 is 16.0 Å². The number of sulfonamides is 1. The Balaban J connectivity index is 2.42. The van der Waals surface area contributed by atoms with Crippen LogP contribution in [0.2, 0.25) is 0 Å². The number of nitrogens with zero attached hydrogens (tertiary/aromatic N) is 1. The Kier molecular flexibility index (Phi) is 14.6. The zero-order valence-electron chi connectivity index (χ0n) is 19.9. The molecule has 8 heteroatoms. The van der Waals surface area contributed by atoms with Crippen LogP contribution in [-0.4, -0.2) is 62.1 Å². The molecule has 0 spiro atoms. The number of unbranched alkanes of at least 4 members (excludes halogenated alkanes) is 4. The van der Waals surface area contributed by atoms with Crippen LogP contribution >= 0.6 is 0 Å². The lowest BCUT2D eigenvalue weighted by atomic mass is 10.0. The Hall–Kier alpha value is -0.700. The lowest BCUT2D eigenvalue weighted by Crippen LogP contribution is -2.33. The topological polar surface area (TPSA) is 93.1 Å². The fraction of sp³-hybridized carbons (Fsp3) is 0.957. The van der Waals surface area contributed by atoms with Gasteiger partial charge < -0.3 is 14.6 Å². The average molecular weight is 464 g/mol. The van der Waals surface area contributed by atoms with Gasteiger partial charge in [0.05, 0.1) is 18.3 Å². The first-order valence-corrected chi connectivity index (χ1v) is 14.0. The summed E-state index contributed by atoms with van der Waals surface area (Å²) in [5, 5.41) is 8.94. The van der Waals surface area contributed by atoms with Gasteiger partial charge in [0.1, 0.15) is 0 Å². The smallest absolute Gasteiger partial charge is 0.306 e. The fourth-order valence-corrected chi connectivity index (χ4v) is 4.83. The highest BCUT2D eigenvalue weighted by atomic mass is 32.2. The van der Waals surface area contributed by atoms with E-state index in [4.69, 9.17) is 14.6 Å². The standard InChI is InChI=1S/C23H45NO6S/c1-4-5-7-14-21(30-22-16-9-11-19-29-22)15-12-18-24(31(3,27)28)17-10-6-8-13-20(2)23(25)26/h20-22H,4-19H2,1-3H3,(H,25,26). The van der Waals surface area contributed by atoms with Gasteiger partial charge in [-0.05, 0) is 51.4 Å². The number of carboxylic acid groups (broad SMARTS) is 1. The average Bonchev–Trinajstić information content (AvgIpc) is 2.71. The molecular formula is C23H45NO6S. The molecule has 0 amide bonds. The maximum absolute atomic E-state index is 12.2. The second-order valence-electron chi connectivity index (χ2n) is 8.94. The van der Waals surface area contributed by atoms with Crippen LogP contribution in [0.1, 0.15) is 97.3 Å². The summed E-state index contributed by atoms with van der Waals surface area (Å²) in [6, 6.07) is 0. The molecule has 1 fully saturated rings. The van der Waals surface area contributed by atoms with Crippen molar-refractivity contribution in [3.63, 3.8) is 0 Å². The van der Waals surface area contributed by atoms with Crippen molar-refractivity contribution in [3.05, 3.63) is 0 Å². The van der Waals surface area contributed by atoms with Crippen LogP contribution < -0.4 is 0 Å². The quantitative estimate of drug-likeness (QED) is 0.293. The summed E-state index contributed by atoms with van der Waals surface area (Å²) < 4.78 is 37.9. The molecule has 0 aromatic carbocycles. The Morgan fingerprint density at radius 1 is 1.06 bits per heavy atom. The lowest BCUT2D eigenvalue weighted by Gasteiger charge is -2.28. The van der Waals surface area contributed by atoms with Crippen LogP contribution in [-0.2, 0) is 24.3 Å². The van der Waals surface area contributed by atoms with Gasteiger partial charge in [-0.2, -0.15) is 0 Å². The van der Waals surface area contributed by atoms with Crippen LogP contribution in [0.5, 0.6) is 0 Å². The summed E-state index contributed by atoms with van der Waals surface area (Å²) >= 11 is 0. The van der Waals surface area contributed by atoms with E-state index in [9.17, 15) is 13.2 Å². The van der Waals surface area contributed by atoms with E-state index in [1.807, 2.05) is 0 Å². The molecule has 1 rings (SSSR count). The third kappa shape index (κ3) is 13.4. The van der Waals surface area contributed by atoms with E-state index in [-0.39, 0.29) is 18.3 Å². The van der Waals surface area contributed by atoms with Crippen molar-refractivity contribution < 1.29 is 27.8 Å². The van der Waals surface area contributed by atoms with Gasteiger partial charge in [0.15, 0.2) is 6.29 Å². The monoisotopic (exact) mass is 463 g/mol. The molecule has 0 bridgehead atoms. The van der Waals surface area contributed by atoms with Gasteiger partial charge in [-0.15, -0.1) is 0 Å². The summed E-state index contributed by atoms with van der Waals surface area (Å²) in [7, 11) is -3.25. The summed E-state index contributed by atoms with van der Waals surface area (Å²) in [6.07, 6.45) is 13.6. The molecule has 1 aliphatic heterocycles. The minimum absolute atomic E-state index is 0.111. The van der Waals surface area contributed by atoms with E-state index in [0.29, 0.717) is 19.5 Å². The minimum atomic E-state index is -3.25. The van der Waals surface area contributed by atoms with Crippen LogP contribution in [0.3, 0.4) is 0 Å². The van der Waals surface area contributed by atoms with Gasteiger partial charge in [0.25, 0.3) is 0 Å². The zero-order valence-corrected chi connectivity index (χ0v) is 20.7. The van der Waals surface area contributed by atoms with Crippen LogP contribution in [0.15, 0.2) is 0 Å². The number of hydrogen-bond acceptors (Lipinski definition) is 5. The van der Waals surface area contributed by atoms with Gasteiger partial charge in [-0.3, -0.25) is 4.79 Å². The molecule has 1 aliphatic rings. The van der Waals surface area contributed by atoms with Crippen LogP contribution in [0.25, 0.3) is 0 Å². The molecule has 31 heavy (non-hydrogen) atoms.